The molecule has 0 fully saturated rings. The molecule has 2 rings (SSSR count). The van der Waals surface area contributed by atoms with Gasteiger partial charge in [-0.15, -0.1) is 0 Å². The van der Waals surface area contributed by atoms with Crippen LogP contribution in [-0.2, 0) is 4.79 Å². The van der Waals surface area contributed by atoms with Crippen molar-refractivity contribution < 1.29 is 14.7 Å². The molecule has 1 N–H and O–H groups in total. The Morgan fingerprint density at radius 3 is 2.45 bits per heavy atom. The van der Waals surface area contributed by atoms with Gasteiger partial charge in [0.15, 0.2) is 5.78 Å². The molecule has 1 atom stereocenters. The maximum atomic E-state index is 12.5. The summed E-state index contributed by atoms with van der Waals surface area (Å²) in [5, 5.41) is 9.04. The van der Waals surface area contributed by atoms with Crippen molar-refractivity contribution in [2.24, 2.45) is 0 Å². The molecule has 0 saturated carbocycles. The van der Waals surface area contributed by atoms with E-state index in [2.05, 4.69) is 20.9 Å². The quantitative estimate of drug-likeness (QED) is 0.852. The Morgan fingerprint density at radius 1 is 1.15 bits per heavy atom. The fourth-order valence-corrected chi connectivity index (χ4v) is 2.52. The first-order valence-corrected chi connectivity index (χ1v) is 6.80. The molecule has 0 saturated heterocycles. The SMILES string of the molecule is O=C(O)CC(C(=O)c1ccccn1)c1ccccc1Br. The number of carboxylic acid groups (broad SMARTS) is 1. The summed E-state index contributed by atoms with van der Waals surface area (Å²) in [6.07, 6.45) is 1.25. The number of Topliss-reactive ketones (excluding diaryl/α,β-unsaturated/α-hetero) is 1. The smallest absolute Gasteiger partial charge is 0.304 e. The molecule has 2 aromatic rings. The predicted octanol–water partition coefficient (Wildman–Crippen LogP) is 3.29. The van der Waals surface area contributed by atoms with Crippen molar-refractivity contribution in [1.29, 1.82) is 0 Å². The van der Waals surface area contributed by atoms with Crippen molar-refractivity contribution >= 4 is 27.7 Å². The number of pyridine rings is 1. The first-order chi connectivity index (χ1) is 9.59. The van der Waals surface area contributed by atoms with Crippen molar-refractivity contribution in [3.8, 4) is 0 Å². The highest BCUT2D eigenvalue weighted by Crippen LogP contribution is 2.30. The van der Waals surface area contributed by atoms with E-state index < -0.39 is 11.9 Å². The zero-order valence-electron chi connectivity index (χ0n) is 10.5. The third-order valence-corrected chi connectivity index (χ3v) is 3.62. The summed E-state index contributed by atoms with van der Waals surface area (Å²) in [5.41, 5.74) is 0.931. The van der Waals surface area contributed by atoms with Gasteiger partial charge in [0, 0.05) is 10.7 Å². The highest BCUT2D eigenvalue weighted by Gasteiger charge is 2.27. The summed E-state index contributed by atoms with van der Waals surface area (Å²) in [7, 11) is 0. The zero-order valence-corrected chi connectivity index (χ0v) is 12.1. The first-order valence-electron chi connectivity index (χ1n) is 6.01. The summed E-state index contributed by atoms with van der Waals surface area (Å²) in [6.45, 7) is 0. The Bertz CT molecular complexity index is 628. The van der Waals surface area contributed by atoms with E-state index in [4.69, 9.17) is 5.11 Å². The molecule has 0 aliphatic heterocycles. The highest BCUT2D eigenvalue weighted by molar-refractivity contribution is 9.10. The normalized spacial score (nSPS) is 11.8. The Balaban J connectivity index is 2.41. The number of aliphatic carboxylic acids is 1. The molecule has 0 radical (unpaired) electrons. The van der Waals surface area contributed by atoms with Crippen LogP contribution in [0, 0.1) is 0 Å². The van der Waals surface area contributed by atoms with E-state index in [1.54, 1.807) is 36.4 Å². The standard InChI is InChI=1S/C15H12BrNO3/c16-12-6-2-1-5-10(12)11(9-14(18)19)15(20)13-7-3-4-8-17-13/h1-8,11H,9H2,(H,18,19). The number of hydrogen-bond acceptors (Lipinski definition) is 3. The summed E-state index contributed by atoms with van der Waals surface area (Å²) >= 11 is 3.36. The van der Waals surface area contributed by atoms with Crippen molar-refractivity contribution in [3.05, 3.63) is 64.4 Å². The molecule has 5 heteroatoms. The molecule has 1 aromatic carbocycles. The lowest BCUT2D eigenvalue weighted by Gasteiger charge is -2.15. The van der Waals surface area contributed by atoms with Crippen molar-refractivity contribution in [1.82, 2.24) is 4.98 Å². The zero-order chi connectivity index (χ0) is 14.5. The molecular weight excluding hydrogens is 322 g/mol. The largest absolute Gasteiger partial charge is 0.481 e. The van der Waals surface area contributed by atoms with Crippen LogP contribution in [0.3, 0.4) is 0 Å². The fourth-order valence-electron chi connectivity index (χ4n) is 1.96. The number of carbonyl (C=O) groups excluding carboxylic acids is 1. The Labute approximate surface area is 124 Å². The van der Waals surface area contributed by atoms with Crippen LogP contribution in [0.1, 0.15) is 28.4 Å². The van der Waals surface area contributed by atoms with Gasteiger partial charge in [0.05, 0.1) is 12.3 Å². The molecule has 0 aliphatic carbocycles. The van der Waals surface area contributed by atoms with Gasteiger partial charge in [0.25, 0.3) is 0 Å². The summed E-state index contributed by atoms with van der Waals surface area (Å²) < 4.78 is 0.718. The number of benzene rings is 1. The molecule has 1 heterocycles. The van der Waals surface area contributed by atoms with Crippen molar-refractivity contribution in [2.45, 2.75) is 12.3 Å². The van der Waals surface area contributed by atoms with E-state index >= 15 is 0 Å². The number of aromatic nitrogens is 1. The monoisotopic (exact) mass is 333 g/mol. The molecule has 20 heavy (non-hydrogen) atoms. The number of carbonyl (C=O) groups is 2. The van der Waals surface area contributed by atoms with Gasteiger partial charge in [-0.1, -0.05) is 40.2 Å². The molecular formula is C15H12BrNO3. The maximum absolute atomic E-state index is 12.5. The van der Waals surface area contributed by atoms with Crippen LogP contribution in [0.25, 0.3) is 0 Å². The summed E-state index contributed by atoms with van der Waals surface area (Å²) in [5.74, 6) is -2.06. The van der Waals surface area contributed by atoms with Crippen LogP contribution >= 0.6 is 15.9 Å². The number of hydrogen-bond donors (Lipinski definition) is 1. The predicted molar refractivity (Wildman–Crippen MR) is 77.7 cm³/mol. The van der Waals surface area contributed by atoms with E-state index in [-0.39, 0.29) is 17.9 Å². The lowest BCUT2D eigenvalue weighted by atomic mass is 9.90. The van der Waals surface area contributed by atoms with Crippen LogP contribution in [0.4, 0.5) is 0 Å². The number of halogens is 1. The number of ketones is 1. The fraction of sp³-hybridized carbons (Fsp3) is 0.133. The van der Waals surface area contributed by atoms with Gasteiger partial charge in [-0.3, -0.25) is 14.6 Å². The van der Waals surface area contributed by atoms with Crippen molar-refractivity contribution in [3.63, 3.8) is 0 Å². The maximum Gasteiger partial charge on any atom is 0.304 e. The highest BCUT2D eigenvalue weighted by atomic mass is 79.9. The van der Waals surface area contributed by atoms with E-state index in [1.165, 1.54) is 6.20 Å². The average Bonchev–Trinajstić information content (AvgIpc) is 2.46. The van der Waals surface area contributed by atoms with Crippen LogP contribution in [0.2, 0.25) is 0 Å². The van der Waals surface area contributed by atoms with E-state index in [0.717, 1.165) is 4.47 Å². The summed E-state index contributed by atoms with van der Waals surface area (Å²) in [6, 6.07) is 12.1. The Hall–Kier alpha value is -2.01. The van der Waals surface area contributed by atoms with Crippen LogP contribution in [0.15, 0.2) is 53.1 Å². The molecule has 1 unspecified atom stereocenters. The lowest BCUT2D eigenvalue weighted by molar-refractivity contribution is -0.137. The van der Waals surface area contributed by atoms with Gasteiger partial charge in [-0.05, 0) is 23.8 Å². The molecule has 0 amide bonds. The second-order valence-electron chi connectivity index (χ2n) is 4.25. The number of rotatable bonds is 5. The van der Waals surface area contributed by atoms with Gasteiger partial charge in [-0.2, -0.15) is 0 Å². The molecule has 0 bridgehead atoms. The van der Waals surface area contributed by atoms with Crippen LogP contribution in [-0.4, -0.2) is 21.8 Å². The molecule has 0 aliphatic rings. The molecule has 102 valence electrons. The van der Waals surface area contributed by atoms with Gasteiger partial charge in [0.1, 0.15) is 5.69 Å². The second-order valence-corrected chi connectivity index (χ2v) is 5.11. The van der Waals surface area contributed by atoms with Gasteiger partial charge in [0.2, 0.25) is 0 Å². The van der Waals surface area contributed by atoms with E-state index in [0.29, 0.717) is 5.56 Å². The second kappa shape index (κ2) is 6.43. The lowest BCUT2D eigenvalue weighted by Crippen LogP contribution is -2.18. The molecule has 0 spiro atoms. The molecule has 4 nitrogen and oxygen atoms in total. The van der Waals surface area contributed by atoms with Gasteiger partial charge in [-0.25, -0.2) is 0 Å². The van der Waals surface area contributed by atoms with Crippen LogP contribution < -0.4 is 0 Å². The summed E-state index contributed by atoms with van der Waals surface area (Å²) in [4.78, 5) is 27.5. The third kappa shape index (κ3) is 3.30. The topological polar surface area (TPSA) is 67.3 Å². The Morgan fingerprint density at radius 2 is 1.85 bits per heavy atom. The number of nitrogens with zero attached hydrogens (tertiary/aromatic N) is 1. The van der Waals surface area contributed by atoms with E-state index in [1.807, 2.05) is 6.07 Å². The third-order valence-electron chi connectivity index (χ3n) is 2.89. The number of carboxylic acids is 1. The van der Waals surface area contributed by atoms with E-state index in [9.17, 15) is 9.59 Å². The molecule has 1 aromatic heterocycles. The van der Waals surface area contributed by atoms with Gasteiger partial charge >= 0.3 is 5.97 Å². The van der Waals surface area contributed by atoms with Crippen LogP contribution in [0.5, 0.6) is 0 Å². The average molecular weight is 334 g/mol. The van der Waals surface area contributed by atoms with Crippen molar-refractivity contribution in [2.75, 3.05) is 0 Å². The first kappa shape index (κ1) is 14.4. The minimum Gasteiger partial charge on any atom is -0.481 e. The van der Waals surface area contributed by atoms with Gasteiger partial charge < -0.3 is 5.11 Å². The Kier molecular flexibility index (Phi) is 4.63. The minimum absolute atomic E-state index is 0.266. The minimum atomic E-state index is -1.02.